The molecular weight excluding hydrogens is 483 g/mol. The van der Waals surface area contributed by atoms with Crippen molar-refractivity contribution in [2.75, 3.05) is 12.8 Å². The van der Waals surface area contributed by atoms with Gasteiger partial charge in [-0.25, -0.2) is 4.98 Å². The number of methoxy groups -OCH3 is 1. The van der Waals surface area contributed by atoms with Gasteiger partial charge >= 0.3 is 0 Å². The monoisotopic (exact) mass is 512 g/mol. The Morgan fingerprint density at radius 2 is 1.74 bits per heavy atom. The number of aromatic nitrogens is 2. The van der Waals surface area contributed by atoms with Crippen molar-refractivity contribution in [2.24, 2.45) is 0 Å². The minimum Gasteiger partial charge on any atom is -0.481 e. The average molecular weight is 513 g/mol. The summed E-state index contributed by atoms with van der Waals surface area (Å²) >= 11 is 0. The molecule has 0 spiro atoms. The van der Waals surface area contributed by atoms with Gasteiger partial charge in [0.05, 0.1) is 7.11 Å². The lowest BCUT2D eigenvalue weighted by atomic mass is 9.76. The molecule has 2 aromatic carbocycles. The average Bonchev–Trinajstić information content (AvgIpc) is 2.90. The number of aliphatic hydroxyl groups excluding tert-OH is 1. The molecule has 4 N–H and O–H groups in total. The maximum atomic E-state index is 14.7. The van der Waals surface area contributed by atoms with Gasteiger partial charge < -0.3 is 20.9 Å². The number of ether oxygens (including phenoxy) is 1. The van der Waals surface area contributed by atoms with Crippen molar-refractivity contribution in [1.29, 1.82) is 0 Å². The number of hydrogen-bond acceptors (Lipinski definition) is 6. The molecule has 194 valence electrons. The Labute approximate surface area is 220 Å². The Kier molecular flexibility index (Phi) is 6.59. The number of carbonyl (C=O) groups excluding carboxylic acids is 1. The molecule has 0 saturated heterocycles. The predicted molar refractivity (Wildman–Crippen MR) is 143 cm³/mol. The van der Waals surface area contributed by atoms with E-state index in [1.54, 1.807) is 36.4 Å². The summed E-state index contributed by atoms with van der Waals surface area (Å²) in [5.41, 5.74) is 13.2. The summed E-state index contributed by atoms with van der Waals surface area (Å²) in [6, 6.07) is 15.9. The fourth-order valence-electron chi connectivity index (χ4n) is 5.21. The van der Waals surface area contributed by atoms with E-state index in [4.69, 9.17) is 10.5 Å². The number of aryl methyl sites for hydroxylation is 2. The Hall–Kier alpha value is -4.30. The van der Waals surface area contributed by atoms with Gasteiger partial charge in [0.1, 0.15) is 11.9 Å². The molecule has 0 fully saturated rings. The number of nitrogens with zero attached hydrogens (tertiary/aromatic N) is 2. The summed E-state index contributed by atoms with van der Waals surface area (Å²) in [6.07, 6.45) is -0.854. The van der Waals surface area contributed by atoms with Crippen LogP contribution in [0.4, 0.5) is 10.2 Å². The van der Waals surface area contributed by atoms with E-state index in [-0.39, 0.29) is 17.7 Å². The van der Waals surface area contributed by atoms with Crippen LogP contribution < -0.4 is 15.8 Å². The SMILES string of the molecule is COc1ccc(-c2ccc3c(c2)[C@@H](C)c2cc(C(=O)NCc4c(C)cc(N)nc4C)ccc2[C@H]3O)c(F)n1. The third-order valence-electron chi connectivity index (χ3n) is 7.30. The van der Waals surface area contributed by atoms with Crippen LogP contribution in [0.5, 0.6) is 5.88 Å². The zero-order valence-corrected chi connectivity index (χ0v) is 21.7. The van der Waals surface area contributed by atoms with Gasteiger partial charge in [0.25, 0.3) is 5.91 Å². The lowest BCUT2D eigenvalue weighted by Gasteiger charge is -2.30. The number of halogens is 1. The summed E-state index contributed by atoms with van der Waals surface area (Å²) in [7, 11) is 1.44. The lowest BCUT2D eigenvalue weighted by Crippen LogP contribution is -2.25. The number of carbonyl (C=O) groups is 1. The number of nitrogens with two attached hydrogens (primary N) is 1. The van der Waals surface area contributed by atoms with Crippen LogP contribution in [0.1, 0.15) is 68.4 Å². The lowest BCUT2D eigenvalue weighted by molar-refractivity contribution is 0.0950. The highest BCUT2D eigenvalue weighted by molar-refractivity contribution is 5.94. The smallest absolute Gasteiger partial charge is 0.251 e. The highest BCUT2D eigenvalue weighted by Gasteiger charge is 2.30. The minimum atomic E-state index is -0.854. The van der Waals surface area contributed by atoms with Gasteiger partial charge in [-0.05, 0) is 83.1 Å². The number of nitrogen functional groups attached to an aromatic ring is 1. The first-order chi connectivity index (χ1) is 18.2. The number of aliphatic hydroxyl groups is 1. The summed E-state index contributed by atoms with van der Waals surface area (Å²) < 4.78 is 19.7. The first kappa shape index (κ1) is 25.4. The minimum absolute atomic E-state index is 0.129. The van der Waals surface area contributed by atoms with Crippen LogP contribution in [-0.2, 0) is 6.54 Å². The Morgan fingerprint density at radius 3 is 2.42 bits per heavy atom. The third-order valence-corrected chi connectivity index (χ3v) is 7.30. The molecular formula is C30H29FN4O3. The number of hydrogen-bond donors (Lipinski definition) is 3. The molecule has 2 heterocycles. The number of anilines is 1. The Balaban J connectivity index is 1.43. The highest BCUT2D eigenvalue weighted by Crippen LogP contribution is 2.43. The number of benzene rings is 2. The molecule has 0 bridgehead atoms. The fourth-order valence-corrected chi connectivity index (χ4v) is 5.21. The molecule has 0 unspecified atom stereocenters. The van der Waals surface area contributed by atoms with Crippen molar-refractivity contribution in [2.45, 2.75) is 39.3 Å². The zero-order chi connectivity index (χ0) is 27.1. The second kappa shape index (κ2) is 9.87. The predicted octanol–water partition coefficient (Wildman–Crippen LogP) is 4.97. The van der Waals surface area contributed by atoms with Crippen molar-refractivity contribution < 1.29 is 19.0 Å². The van der Waals surface area contributed by atoms with Crippen LogP contribution in [0.2, 0.25) is 0 Å². The van der Waals surface area contributed by atoms with Crippen LogP contribution in [0.15, 0.2) is 54.6 Å². The van der Waals surface area contributed by atoms with Crippen LogP contribution in [0, 0.1) is 19.8 Å². The quantitative estimate of drug-likeness (QED) is 0.326. The number of nitrogens with one attached hydrogen (secondary N) is 1. The summed E-state index contributed by atoms with van der Waals surface area (Å²) in [4.78, 5) is 21.2. The van der Waals surface area contributed by atoms with E-state index in [0.717, 1.165) is 39.1 Å². The molecule has 2 aromatic heterocycles. The number of rotatable bonds is 5. The molecule has 7 nitrogen and oxygen atoms in total. The topological polar surface area (TPSA) is 110 Å². The standard InChI is InChI=1S/C30H29FN4O3/c1-15-11-26(32)34-17(3)25(15)14-33-30(37)19-6-8-22-24(13-19)16(2)23-12-18(5-7-21(23)28(22)36)20-9-10-27(38-4)35-29(20)31/h5-13,16,28,36H,14H2,1-4H3,(H2,32,34)(H,33,37)/t16-,28+/m1/s1. The maximum Gasteiger partial charge on any atom is 0.251 e. The number of fused-ring (bicyclic) bond motifs is 2. The second-order valence-electron chi connectivity index (χ2n) is 9.61. The van der Waals surface area contributed by atoms with Gasteiger partial charge in [-0.15, -0.1) is 0 Å². The molecule has 0 saturated carbocycles. The van der Waals surface area contributed by atoms with Gasteiger partial charge in [-0.2, -0.15) is 9.37 Å². The molecule has 38 heavy (non-hydrogen) atoms. The summed E-state index contributed by atoms with van der Waals surface area (Å²) in [6.45, 7) is 6.15. The van der Waals surface area contributed by atoms with E-state index in [9.17, 15) is 14.3 Å². The first-order valence-corrected chi connectivity index (χ1v) is 12.4. The van der Waals surface area contributed by atoms with E-state index in [0.29, 0.717) is 29.1 Å². The van der Waals surface area contributed by atoms with Crippen molar-refractivity contribution in [1.82, 2.24) is 15.3 Å². The van der Waals surface area contributed by atoms with E-state index < -0.39 is 12.1 Å². The molecule has 1 aliphatic rings. The van der Waals surface area contributed by atoms with Gasteiger partial charge in [-0.1, -0.05) is 25.1 Å². The molecule has 2 atom stereocenters. The van der Waals surface area contributed by atoms with Gasteiger partial charge in [-0.3, -0.25) is 4.79 Å². The van der Waals surface area contributed by atoms with Crippen LogP contribution in [-0.4, -0.2) is 28.1 Å². The van der Waals surface area contributed by atoms with E-state index in [2.05, 4.69) is 15.3 Å². The second-order valence-corrected chi connectivity index (χ2v) is 9.61. The maximum absolute atomic E-state index is 14.7. The Morgan fingerprint density at radius 1 is 1.03 bits per heavy atom. The van der Waals surface area contributed by atoms with Crippen molar-refractivity contribution in [3.8, 4) is 17.0 Å². The fraction of sp³-hybridized carbons (Fsp3) is 0.233. The van der Waals surface area contributed by atoms with Crippen LogP contribution in [0.3, 0.4) is 0 Å². The molecule has 4 aromatic rings. The zero-order valence-electron chi connectivity index (χ0n) is 21.7. The first-order valence-electron chi connectivity index (χ1n) is 12.4. The van der Waals surface area contributed by atoms with Crippen molar-refractivity contribution >= 4 is 11.7 Å². The van der Waals surface area contributed by atoms with Crippen molar-refractivity contribution in [3.63, 3.8) is 0 Å². The number of amides is 1. The molecule has 0 aliphatic heterocycles. The van der Waals surface area contributed by atoms with Crippen LogP contribution in [0.25, 0.3) is 11.1 Å². The molecule has 1 aliphatic carbocycles. The molecule has 1 amide bonds. The molecule has 8 heteroatoms. The van der Waals surface area contributed by atoms with Crippen LogP contribution >= 0.6 is 0 Å². The largest absolute Gasteiger partial charge is 0.481 e. The molecule has 5 rings (SSSR count). The van der Waals surface area contributed by atoms with E-state index >= 15 is 0 Å². The normalized spacial score (nSPS) is 15.9. The number of pyridine rings is 2. The Bertz CT molecular complexity index is 1550. The van der Waals surface area contributed by atoms with E-state index in [1.165, 1.54) is 7.11 Å². The van der Waals surface area contributed by atoms with Gasteiger partial charge in [0.2, 0.25) is 11.8 Å². The third kappa shape index (κ3) is 4.48. The van der Waals surface area contributed by atoms with Crippen molar-refractivity contribution in [3.05, 3.63) is 105 Å². The summed E-state index contributed by atoms with van der Waals surface area (Å²) in [5, 5.41) is 14.1. The highest BCUT2D eigenvalue weighted by atomic mass is 19.1. The van der Waals surface area contributed by atoms with Gasteiger partial charge in [0.15, 0.2) is 0 Å². The van der Waals surface area contributed by atoms with Gasteiger partial charge in [0, 0.05) is 35.3 Å². The summed E-state index contributed by atoms with van der Waals surface area (Å²) in [5.74, 6) is -0.334. The van der Waals surface area contributed by atoms with E-state index in [1.807, 2.05) is 39.0 Å². The molecule has 0 radical (unpaired) electrons.